The molecule has 5 heteroatoms. The van der Waals surface area contributed by atoms with Gasteiger partial charge in [0, 0.05) is 11.6 Å². The third kappa shape index (κ3) is 2.59. The summed E-state index contributed by atoms with van der Waals surface area (Å²) < 4.78 is 26.6. The Labute approximate surface area is 125 Å². The normalized spacial score (nSPS) is 11.6. The van der Waals surface area contributed by atoms with Gasteiger partial charge in [-0.2, -0.15) is 5.26 Å². The zero-order valence-electron chi connectivity index (χ0n) is 11.7. The summed E-state index contributed by atoms with van der Waals surface area (Å²) in [5, 5.41) is 9.29. The number of hydrogen-bond acceptors (Lipinski definition) is 2. The number of fused-ring (bicyclic) bond motifs is 1. The van der Waals surface area contributed by atoms with E-state index < -0.39 is 11.6 Å². The molecular formula is C17H11F2N3. The molecule has 0 atom stereocenters. The second-order valence-corrected chi connectivity index (χ2v) is 4.94. The molecule has 2 aromatic carbocycles. The van der Waals surface area contributed by atoms with Crippen LogP contribution in [0.2, 0.25) is 0 Å². The molecule has 0 bridgehead atoms. The van der Waals surface area contributed by atoms with E-state index in [0.717, 1.165) is 28.7 Å². The van der Waals surface area contributed by atoms with Crippen molar-refractivity contribution < 1.29 is 8.78 Å². The molecule has 1 aromatic heterocycles. The molecule has 1 heterocycles. The molecule has 3 aromatic rings. The number of halogens is 2. The first-order valence-electron chi connectivity index (χ1n) is 6.60. The van der Waals surface area contributed by atoms with Crippen LogP contribution in [0.3, 0.4) is 0 Å². The summed E-state index contributed by atoms with van der Waals surface area (Å²) in [6.07, 6.45) is 1.35. The molecular weight excluding hydrogens is 284 g/mol. The molecule has 3 nitrogen and oxygen atoms in total. The van der Waals surface area contributed by atoms with Gasteiger partial charge < -0.3 is 4.98 Å². The predicted octanol–water partition coefficient (Wildman–Crippen LogP) is 4.21. The minimum absolute atomic E-state index is 0.134. The van der Waals surface area contributed by atoms with E-state index in [1.165, 1.54) is 12.1 Å². The van der Waals surface area contributed by atoms with Crippen LogP contribution in [-0.4, -0.2) is 9.97 Å². The maximum Gasteiger partial charge on any atom is 0.149 e. The molecule has 0 amide bonds. The van der Waals surface area contributed by atoms with E-state index >= 15 is 0 Å². The highest BCUT2D eigenvalue weighted by Gasteiger charge is 2.10. The second-order valence-electron chi connectivity index (χ2n) is 4.94. The lowest BCUT2D eigenvalue weighted by Gasteiger charge is -1.98. The summed E-state index contributed by atoms with van der Waals surface area (Å²) in [6.45, 7) is 1.95. The molecule has 108 valence electrons. The van der Waals surface area contributed by atoms with Crippen LogP contribution in [0.4, 0.5) is 8.78 Å². The molecule has 0 saturated heterocycles. The van der Waals surface area contributed by atoms with E-state index in [1.807, 2.05) is 31.2 Å². The smallest absolute Gasteiger partial charge is 0.149 e. The summed E-state index contributed by atoms with van der Waals surface area (Å²) >= 11 is 0. The number of imidazole rings is 1. The number of hydrogen-bond donors (Lipinski definition) is 1. The van der Waals surface area contributed by atoms with Gasteiger partial charge in [-0.25, -0.2) is 13.8 Å². The first-order valence-corrected chi connectivity index (χ1v) is 6.60. The lowest BCUT2D eigenvalue weighted by Crippen LogP contribution is -1.88. The fourth-order valence-electron chi connectivity index (χ4n) is 2.18. The highest BCUT2D eigenvalue weighted by molar-refractivity contribution is 5.90. The van der Waals surface area contributed by atoms with Crippen molar-refractivity contribution >= 4 is 22.7 Å². The van der Waals surface area contributed by atoms with Gasteiger partial charge in [0.25, 0.3) is 0 Å². The number of nitriles is 1. The summed E-state index contributed by atoms with van der Waals surface area (Å²) in [7, 11) is 0. The van der Waals surface area contributed by atoms with Crippen LogP contribution in [0.1, 0.15) is 17.0 Å². The monoisotopic (exact) mass is 295 g/mol. The third-order valence-corrected chi connectivity index (χ3v) is 3.28. The largest absolute Gasteiger partial charge is 0.337 e. The predicted molar refractivity (Wildman–Crippen MR) is 80.7 cm³/mol. The molecule has 0 spiro atoms. The summed E-state index contributed by atoms with van der Waals surface area (Å²) in [6, 6.07) is 10.9. The first-order chi connectivity index (χ1) is 10.6. The van der Waals surface area contributed by atoms with E-state index in [-0.39, 0.29) is 11.1 Å². The number of aromatic nitrogens is 2. The van der Waals surface area contributed by atoms with E-state index in [2.05, 4.69) is 9.97 Å². The number of aromatic amines is 1. The Balaban J connectivity index is 2.09. The number of benzene rings is 2. The van der Waals surface area contributed by atoms with Crippen molar-refractivity contribution in [3.63, 3.8) is 0 Å². The van der Waals surface area contributed by atoms with Gasteiger partial charge in [-0.1, -0.05) is 6.07 Å². The van der Waals surface area contributed by atoms with Crippen LogP contribution in [-0.2, 0) is 0 Å². The van der Waals surface area contributed by atoms with Gasteiger partial charge in [-0.15, -0.1) is 0 Å². The minimum Gasteiger partial charge on any atom is -0.337 e. The Morgan fingerprint density at radius 1 is 1.23 bits per heavy atom. The van der Waals surface area contributed by atoms with Gasteiger partial charge in [0.05, 0.1) is 16.6 Å². The van der Waals surface area contributed by atoms with E-state index in [0.29, 0.717) is 5.82 Å². The number of allylic oxidation sites excluding steroid dienone is 1. The standard InChI is InChI=1S/C17H11F2N3/c1-10-2-5-15-16(6-10)22-17(21-15)12(9-20)7-11-3-4-13(18)8-14(11)19/h2-8H,1H3,(H,21,22). The summed E-state index contributed by atoms with van der Waals surface area (Å²) in [4.78, 5) is 7.37. The summed E-state index contributed by atoms with van der Waals surface area (Å²) in [5.74, 6) is -1.03. The summed E-state index contributed by atoms with van der Waals surface area (Å²) in [5.41, 5.74) is 2.90. The SMILES string of the molecule is Cc1ccc2nc(C(C#N)=Cc3ccc(F)cc3F)[nH]c2c1. The minimum atomic E-state index is -0.722. The Kier molecular flexibility index (Phi) is 3.43. The van der Waals surface area contributed by atoms with Crippen molar-refractivity contribution in [1.29, 1.82) is 5.26 Å². The third-order valence-electron chi connectivity index (χ3n) is 3.28. The van der Waals surface area contributed by atoms with Crippen LogP contribution in [0.15, 0.2) is 36.4 Å². The average molecular weight is 295 g/mol. The van der Waals surface area contributed by atoms with Crippen molar-refractivity contribution in [2.24, 2.45) is 0 Å². The fraction of sp³-hybridized carbons (Fsp3) is 0.0588. The lowest BCUT2D eigenvalue weighted by molar-refractivity contribution is 0.581. The number of H-pyrrole nitrogens is 1. The second kappa shape index (κ2) is 5.41. The van der Waals surface area contributed by atoms with Gasteiger partial charge in [-0.05, 0) is 42.8 Å². The molecule has 22 heavy (non-hydrogen) atoms. The molecule has 0 radical (unpaired) electrons. The van der Waals surface area contributed by atoms with Gasteiger partial charge in [0.1, 0.15) is 23.5 Å². The molecule has 0 fully saturated rings. The van der Waals surface area contributed by atoms with E-state index in [9.17, 15) is 14.0 Å². The Hall–Kier alpha value is -3.00. The number of nitrogens with zero attached hydrogens (tertiary/aromatic N) is 2. The molecule has 0 unspecified atom stereocenters. The molecule has 0 aliphatic rings. The first kappa shape index (κ1) is 14.0. The van der Waals surface area contributed by atoms with Crippen LogP contribution in [0, 0.1) is 29.9 Å². The molecule has 3 rings (SSSR count). The highest BCUT2D eigenvalue weighted by atomic mass is 19.1. The van der Waals surface area contributed by atoms with Crippen molar-refractivity contribution in [3.05, 3.63) is 65.0 Å². The number of nitrogens with one attached hydrogen (secondary N) is 1. The van der Waals surface area contributed by atoms with Crippen molar-refractivity contribution in [2.45, 2.75) is 6.92 Å². The zero-order chi connectivity index (χ0) is 15.7. The maximum atomic E-state index is 13.7. The van der Waals surface area contributed by atoms with Crippen LogP contribution < -0.4 is 0 Å². The van der Waals surface area contributed by atoms with Gasteiger partial charge in [0.2, 0.25) is 0 Å². The lowest BCUT2D eigenvalue weighted by atomic mass is 10.1. The zero-order valence-corrected chi connectivity index (χ0v) is 11.7. The Morgan fingerprint density at radius 2 is 2.05 bits per heavy atom. The molecule has 0 aliphatic carbocycles. The van der Waals surface area contributed by atoms with E-state index in [1.54, 1.807) is 0 Å². The van der Waals surface area contributed by atoms with Crippen molar-refractivity contribution in [1.82, 2.24) is 9.97 Å². The Morgan fingerprint density at radius 3 is 2.77 bits per heavy atom. The number of aryl methyl sites for hydroxylation is 1. The van der Waals surface area contributed by atoms with Gasteiger partial charge >= 0.3 is 0 Å². The highest BCUT2D eigenvalue weighted by Crippen LogP contribution is 2.21. The maximum absolute atomic E-state index is 13.7. The van der Waals surface area contributed by atoms with E-state index in [4.69, 9.17) is 0 Å². The topological polar surface area (TPSA) is 52.5 Å². The van der Waals surface area contributed by atoms with Gasteiger partial charge in [-0.3, -0.25) is 0 Å². The van der Waals surface area contributed by atoms with Crippen LogP contribution in [0.5, 0.6) is 0 Å². The van der Waals surface area contributed by atoms with Crippen LogP contribution >= 0.6 is 0 Å². The fourth-order valence-corrected chi connectivity index (χ4v) is 2.18. The van der Waals surface area contributed by atoms with Gasteiger partial charge in [0.15, 0.2) is 0 Å². The van der Waals surface area contributed by atoms with Crippen molar-refractivity contribution in [3.8, 4) is 6.07 Å². The van der Waals surface area contributed by atoms with Crippen LogP contribution in [0.25, 0.3) is 22.7 Å². The molecule has 1 N–H and O–H groups in total. The Bertz CT molecular complexity index is 933. The average Bonchev–Trinajstić information content (AvgIpc) is 2.89. The molecule has 0 saturated carbocycles. The molecule has 0 aliphatic heterocycles. The quantitative estimate of drug-likeness (QED) is 0.720. The van der Waals surface area contributed by atoms with Crippen molar-refractivity contribution in [2.75, 3.05) is 0 Å². The number of rotatable bonds is 2.